The zero-order valence-electron chi connectivity index (χ0n) is 12.1. The lowest BCUT2D eigenvalue weighted by Crippen LogP contribution is -2.49. The average Bonchev–Trinajstić information content (AvgIpc) is 2.37. The summed E-state index contributed by atoms with van der Waals surface area (Å²) in [4.78, 5) is 2.18. The third kappa shape index (κ3) is 3.64. The van der Waals surface area contributed by atoms with Crippen LogP contribution < -0.4 is 10.6 Å². The number of nitrogen functional groups attached to an aromatic ring is 1. The van der Waals surface area contributed by atoms with Gasteiger partial charge < -0.3 is 10.6 Å². The number of anilines is 2. The normalized spacial score (nSPS) is 17.6. The molecule has 1 aliphatic rings. The molecule has 1 fully saturated rings. The number of piperazine rings is 1. The van der Waals surface area contributed by atoms with Gasteiger partial charge in [-0.15, -0.1) is 0 Å². The Kier molecular flexibility index (Phi) is 4.55. The van der Waals surface area contributed by atoms with Crippen LogP contribution in [0, 0.1) is 5.92 Å². The maximum Gasteiger partial charge on any atom is 0.214 e. The highest BCUT2D eigenvalue weighted by molar-refractivity contribution is 7.89. The summed E-state index contributed by atoms with van der Waals surface area (Å²) in [5.41, 5.74) is 7.58. The highest BCUT2D eigenvalue weighted by atomic mass is 32.2. The minimum atomic E-state index is -3.11. The molecule has 0 saturated carbocycles. The van der Waals surface area contributed by atoms with Gasteiger partial charge in [-0.2, -0.15) is 4.31 Å². The Morgan fingerprint density at radius 1 is 1.20 bits per heavy atom. The molecule has 0 amide bonds. The first-order chi connectivity index (χ1) is 9.38. The summed E-state index contributed by atoms with van der Waals surface area (Å²) in [6, 6.07) is 7.71. The molecule has 0 radical (unpaired) electrons. The van der Waals surface area contributed by atoms with E-state index in [0.29, 0.717) is 26.2 Å². The smallest absolute Gasteiger partial charge is 0.214 e. The van der Waals surface area contributed by atoms with Gasteiger partial charge in [0.1, 0.15) is 0 Å². The molecule has 1 aliphatic heterocycles. The molecular weight excluding hydrogens is 274 g/mol. The molecule has 1 aromatic rings. The second kappa shape index (κ2) is 6.01. The fourth-order valence-electron chi connectivity index (χ4n) is 2.47. The van der Waals surface area contributed by atoms with Crippen molar-refractivity contribution in [3.63, 3.8) is 0 Å². The zero-order chi connectivity index (χ0) is 14.8. The van der Waals surface area contributed by atoms with Crippen LogP contribution in [0.2, 0.25) is 0 Å². The van der Waals surface area contributed by atoms with E-state index in [2.05, 4.69) is 4.90 Å². The third-order valence-corrected chi connectivity index (χ3v) is 5.65. The fourth-order valence-corrected chi connectivity index (χ4v) is 4.25. The van der Waals surface area contributed by atoms with Crippen LogP contribution in [-0.2, 0) is 10.0 Å². The van der Waals surface area contributed by atoms with Gasteiger partial charge in [0, 0.05) is 37.6 Å². The van der Waals surface area contributed by atoms with Gasteiger partial charge in [-0.1, -0.05) is 19.9 Å². The Morgan fingerprint density at radius 3 is 2.40 bits per heavy atom. The van der Waals surface area contributed by atoms with Crippen molar-refractivity contribution in [1.29, 1.82) is 0 Å². The predicted molar refractivity (Wildman–Crippen MR) is 83.3 cm³/mol. The molecule has 0 atom stereocenters. The number of hydrogen-bond donors (Lipinski definition) is 1. The molecule has 2 rings (SSSR count). The minimum Gasteiger partial charge on any atom is -0.399 e. The molecule has 5 nitrogen and oxygen atoms in total. The van der Waals surface area contributed by atoms with Gasteiger partial charge in [0.05, 0.1) is 5.75 Å². The highest BCUT2D eigenvalue weighted by Crippen LogP contribution is 2.20. The standard InChI is InChI=1S/C14H23N3O2S/c1-12(2)11-20(18,19)17-8-6-16(7-9-17)14-5-3-4-13(15)10-14/h3-5,10,12H,6-9,11,15H2,1-2H3. The van der Waals surface area contributed by atoms with Gasteiger partial charge in [-0.25, -0.2) is 8.42 Å². The predicted octanol–water partition coefficient (Wildman–Crippen LogP) is 1.38. The highest BCUT2D eigenvalue weighted by Gasteiger charge is 2.27. The van der Waals surface area contributed by atoms with Gasteiger partial charge >= 0.3 is 0 Å². The maximum atomic E-state index is 12.2. The zero-order valence-corrected chi connectivity index (χ0v) is 12.9. The van der Waals surface area contributed by atoms with Crippen molar-refractivity contribution < 1.29 is 8.42 Å². The van der Waals surface area contributed by atoms with E-state index in [1.807, 2.05) is 38.1 Å². The van der Waals surface area contributed by atoms with Crippen LogP contribution >= 0.6 is 0 Å². The Balaban J connectivity index is 1.99. The first kappa shape index (κ1) is 15.1. The van der Waals surface area contributed by atoms with Crippen LogP contribution in [0.4, 0.5) is 11.4 Å². The molecule has 1 heterocycles. The molecule has 0 unspecified atom stereocenters. The summed E-state index contributed by atoms with van der Waals surface area (Å²) < 4.78 is 26.0. The minimum absolute atomic E-state index is 0.159. The Morgan fingerprint density at radius 2 is 1.85 bits per heavy atom. The van der Waals surface area contributed by atoms with Gasteiger partial charge in [0.2, 0.25) is 10.0 Å². The molecule has 0 aromatic heterocycles. The van der Waals surface area contributed by atoms with Crippen LogP contribution in [0.15, 0.2) is 24.3 Å². The van der Waals surface area contributed by atoms with E-state index in [1.165, 1.54) is 0 Å². The molecule has 0 bridgehead atoms. The van der Waals surface area contributed by atoms with E-state index in [1.54, 1.807) is 4.31 Å². The Hall–Kier alpha value is -1.27. The van der Waals surface area contributed by atoms with Crippen LogP contribution in [0.3, 0.4) is 0 Å². The molecule has 2 N–H and O–H groups in total. The van der Waals surface area contributed by atoms with Crippen LogP contribution in [0.25, 0.3) is 0 Å². The van der Waals surface area contributed by atoms with Crippen LogP contribution in [-0.4, -0.2) is 44.7 Å². The number of sulfonamides is 1. The average molecular weight is 297 g/mol. The summed E-state index contributed by atoms with van der Waals surface area (Å²) >= 11 is 0. The number of nitrogens with two attached hydrogens (primary N) is 1. The summed E-state index contributed by atoms with van der Waals surface area (Å²) in [6.07, 6.45) is 0. The summed E-state index contributed by atoms with van der Waals surface area (Å²) in [5.74, 6) is 0.387. The molecular formula is C14H23N3O2S. The topological polar surface area (TPSA) is 66.6 Å². The van der Waals surface area contributed by atoms with Crippen molar-refractivity contribution in [3.05, 3.63) is 24.3 Å². The number of rotatable bonds is 4. The first-order valence-electron chi connectivity index (χ1n) is 6.97. The molecule has 6 heteroatoms. The van der Waals surface area contributed by atoms with Crippen molar-refractivity contribution >= 4 is 21.4 Å². The molecule has 112 valence electrons. The maximum absolute atomic E-state index is 12.2. The third-order valence-electron chi connectivity index (χ3n) is 3.41. The summed E-state index contributed by atoms with van der Waals surface area (Å²) in [5, 5.41) is 0. The lowest BCUT2D eigenvalue weighted by atomic mass is 10.2. The quantitative estimate of drug-likeness (QED) is 0.853. The Bertz CT molecular complexity index is 549. The van der Waals surface area contributed by atoms with Gasteiger partial charge in [-0.05, 0) is 24.1 Å². The van der Waals surface area contributed by atoms with E-state index in [9.17, 15) is 8.42 Å². The molecule has 1 aromatic carbocycles. The van der Waals surface area contributed by atoms with E-state index in [0.717, 1.165) is 11.4 Å². The lowest BCUT2D eigenvalue weighted by molar-refractivity contribution is 0.382. The lowest BCUT2D eigenvalue weighted by Gasteiger charge is -2.35. The van der Waals surface area contributed by atoms with E-state index < -0.39 is 10.0 Å². The van der Waals surface area contributed by atoms with Crippen LogP contribution in [0.5, 0.6) is 0 Å². The molecule has 0 aliphatic carbocycles. The van der Waals surface area contributed by atoms with Crippen molar-refractivity contribution in [2.24, 2.45) is 5.92 Å². The first-order valence-corrected chi connectivity index (χ1v) is 8.58. The van der Waals surface area contributed by atoms with Crippen LogP contribution in [0.1, 0.15) is 13.8 Å². The monoisotopic (exact) mass is 297 g/mol. The molecule has 0 spiro atoms. The second-order valence-corrected chi connectivity index (χ2v) is 7.67. The number of benzene rings is 1. The van der Waals surface area contributed by atoms with Gasteiger partial charge in [0.15, 0.2) is 0 Å². The summed E-state index contributed by atoms with van der Waals surface area (Å²) in [7, 11) is -3.11. The van der Waals surface area contributed by atoms with Gasteiger partial charge in [0.25, 0.3) is 0 Å². The number of hydrogen-bond acceptors (Lipinski definition) is 4. The van der Waals surface area contributed by atoms with E-state index >= 15 is 0 Å². The van der Waals surface area contributed by atoms with Crippen molar-refractivity contribution in [3.8, 4) is 0 Å². The molecule has 1 saturated heterocycles. The summed E-state index contributed by atoms with van der Waals surface area (Å²) in [6.45, 7) is 6.37. The van der Waals surface area contributed by atoms with E-state index in [4.69, 9.17) is 5.73 Å². The fraction of sp³-hybridized carbons (Fsp3) is 0.571. The Labute approximate surface area is 121 Å². The number of nitrogens with zero attached hydrogens (tertiary/aromatic N) is 2. The van der Waals surface area contributed by atoms with Crippen molar-refractivity contribution in [1.82, 2.24) is 4.31 Å². The SMILES string of the molecule is CC(C)CS(=O)(=O)N1CCN(c2cccc(N)c2)CC1. The van der Waals surface area contributed by atoms with Gasteiger partial charge in [-0.3, -0.25) is 0 Å². The van der Waals surface area contributed by atoms with Crippen molar-refractivity contribution in [2.75, 3.05) is 42.6 Å². The largest absolute Gasteiger partial charge is 0.399 e. The molecule has 20 heavy (non-hydrogen) atoms. The van der Waals surface area contributed by atoms with Crippen molar-refractivity contribution in [2.45, 2.75) is 13.8 Å². The second-order valence-electron chi connectivity index (χ2n) is 5.65. The van der Waals surface area contributed by atoms with E-state index in [-0.39, 0.29) is 11.7 Å².